The number of fused-ring (bicyclic) bond motifs is 1. The van der Waals surface area contributed by atoms with E-state index in [9.17, 15) is 4.39 Å². The molecule has 19 heavy (non-hydrogen) atoms. The topological polar surface area (TPSA) is 48.8 Å². The van der Waals surface area contributed by atoms with Crippen molar-refractivity contribution in [3.8, 4) is 11.3 Å². The number of halogens is 1. The lowest BCUT2D eigenvalue weighted by Gasteiger charge is -2.05. The fraction of sp³-hybridized carbons (Fsp3) is 0.214. The van der Waals surface area contributed by atoms with Gasteiger partial charge in [0.1, 0.15) is 5.82 Å². The molecule has 2 heterocycles. The number of nitrogens with two attached hydrogens (primary N) is 1. The Kier molecular flexibility index (Phi) is 2.38. The van der Waals surface area contributed by atoms with Crippen molar-refractivity contribution in [3.05, 3.63) is 35.9 Å². The Morgan fingerprint density at radius 3 is 2.63 bits per heavy atom. The van der Waals surface area contributed by atoms with Crippen LogP contribution >= 0.6 is 0 Å². The predicted molar refractivity (Wildman–Crippen MR) is 74.2 cm³/mol. The standard InChI is InChI=1S/C14H15FN4/c1-8-12(14-11(16)7-17-19(14)3)9-5-4-6-10(15)13(9)18(8)2/h4-7H,16H2,1-3H3. The van der Waals surface area contributed by atoms with Crippen molar-refractivity contribution in [2.75, 3.05) is 5.73 Å². The molecule has 0 fully saturated rings. The molecule has 5 heteroatoms. The number of para-hydroxylation sites is 1. The summed E-state index contributed by atoms with van der Waals surface area (Å²) in [6.45, 7) is 1.96. The molecule has 0 saturated carbocycles. The second kappa shape index (κ2) is 3.85. The van der Waals surface area contributed by atoms with Gasteiger partial charge in [-0.2, -0.15) is 5.10 Å². The summed E-state index contributed by atoms with van der Waals surface area (Å²) in [4.78, 5) is 0. The Hall–Kier alpha value is -2.30. The van der Waals surface area contributed by atoms with Crippen molar-refractivity contribution >= 4 is 16.6 Å². The van der Waals surface area contributed by atoms with Gasteiger partial charge in [0.15, 0.2) is 0 Å². The summed E-state index contributed by atoms with van der Waals surface area (Å²) in [5.74, 6) is -0.227. The predicted octanol–water partition coefficient (Wildman–Crippen LogP) is 2.61. The average molecular weight is 258 g/mol. The SMILES string of the molecule is Cc1c(-c2c(N)cnn2C)c2cccc(F)c2n1C. The quantitative estimate of drug-likeness (QED) is 0.729. The van der Waals surface area contributed by atoms with E-state index in [4.69, 9.17) is 5.73 Å². The third-order valence-corrected chi connectivity index (χ3v) is 3.66. The molecular weight excluding hydrogens is 243 g/mol. The molecule has 0 aliphatic carbocycles. The Morgan fingerprint density at radius 1 is 1.26 bits per heavy atom. The van der Waals surface area contributed by atoms with E-state index in [0.29, 0.717) is 11.2 Å². The first kappa shape index (κ1) is 11.8. The Bertz CT molecular complexity index is 763. The molecule has 0 amide bonds. The van der Waals surface area contributed by atoms with Crippen LogP contribution in [0.2, 0.25) is 0 Å². The van der Waals surface area contributed by atoms with E-state index in [1.807, 2.05) is 31.7 Å². The van der Waals surface area contributed by atoms with Crippen LogP contribution in [0, 0.1) is 12.7 Å². The van der Waals surface area contributed by atoms with Crippen LogP contribution in [0.1, 0.15) is 5.69 Å². The first-order chi connectivity index (χ1) is 9.02. The highest BCUT2D eigenvalue weighted by molar-refractivity contribution is 5.99. The summed E-state index contributed by atoms with van der Waals surface area (Å²) >= 11 is 0. The van der Waals surface area contributed by atoms with Gasteiger partial charge in [-0.15, -0.1) is 0 Å². The molecule has 3 aromatic rings. The van der Waals surface area contributed by atoms with Gasteiger partial charge in [0.05, 0.1) is 23.1 Å². The molecule has 0 unspecified atom stereocenters. The van der Waals surface area contributed by atoms with Crippen molar-refractivity contribution in [1.82, 2.24) is 14.3 Å². The smallest absolute Gasteiger partial charge is 0.147 e. The van der Waals surface area contributed by atoms with E-state index in [-0.39, 0.29) is 5.82 Å². The number of rotatable bonds is 1. The Morgan fingerprint density at radius 2 is 2.00 bits per heavy atom. The van der Waals surface area contributed by atoms with Gasteiger partial charge >= 0.3 is 0 Å². The lowest BCUT2D eigenvalue weighted by atomic mass is 10.1. The van der Waals surface area contributed by atoms with Crippen molar-refractivity contribution in [2.45, 2.75) is 6.92 Å². The Labute approximate surface area is 110 Å². The summed E-state index contributed by atoms with van der Waals surface area (Å²) in [6, 6.07) is 5.10. The summed E-state index contributed by atoms with van der Waals surface area (Å²) in [5.41, 5.74) is 9.92. The maximum atomic E-state index is 14.0. The fourth-order valence-corrected chi connectivity index (χ4v) is 2.65. The fourth-order valence-electron chi connectivity index (χ4n) is 2.65. The number of aryl methyl sites for hydroxylation is 2. The van der Waals surface area contributed by atoms with Crippen molar-refractivity contribution < 1.29 is 4.39 Å². The number of benzene rings is 1. The van der Waals surface area contributed by atoms with E-state index in [1.54, 1.807) is 16.9 Å². The number of aromatic nitrogens is 3. The van der Waals surface area contributed by atoms with E-state index in [1.165, 1.54) is 6.07 Å². The molecule has 0 bridgehead atoms. The number of hydrogen-bond donors (Lipinski definition) is 1. The van der Waals surface area contributed by atoms with Crippen LogP contribution in [0.5, 0.6) is 0 Å². The van der Waals surface area contributed by atoms with Crippen LogP contribution in [0.3, 0.4) is 0 Å². The normalized spacial score (nSPS) is 11.4. The molecule has 0 aliphatic heterocycles. The zero-order valence-corrected chi connectivity index (χ0v) is 11.1. The molecule has 0 saturated heterocycles. The van der Waals surface area contributed by atoms with Crippen LogP contribution in [-0.4, -0.2) is 14.3 Å². The molecule has 3 rings (SSSR count). The maximum absolute atomic E-state index is 14.0. The number of nitrogens with zero attached hydrogens (tertiary/aromatic N) is 3. The van der Waals surface area contributed by atoms with Crippen molar-refractivity contribution in [3.63, 3.8) is 0 Å². The molecule has 0 spiro atoms. The van der Waals surface area contributed by atoms with Gasteiger partial charge in [-0.05, 0) is 13.0 Å². The minimum atomic E-state index is -0.227. The third kappa shape index (κ3) is 1.47. The highest BCUT2D eigenvalue weighted by Gasteiger charge is 2.20. The third-order valence-electron chi connectivity index (χ3n) is 3.66. The first-order valence-corrected chi connectivity index (χ1v) is 6.03. The summed E-state index contributed by atoms with van der Waals surface area (Å²) in [6.07, 6.45) is 1.62. The molecular formula is C14H15FN4. The van der Waals surface area contributed by atoms with Gasteiger partial charge in [-0.3, -0.25) is 4.68 Å². The summed E-state index contributed by atoms with van der Waals surface area (Å²) < 4.78 is 17.6. The van der Waals surface area contributed by atoms with E-state index in [2.05, 4.69) is 5.10 Å². The van der Waals surface area contributed by atoms with Crippen LogP contribution in [0.25, 0.3) is 22.2 Å². The lowest BCUT2D eigenvalue weighted by molar-refractivity contribution is 0.631. The van der Waals surface area contributed by atoms with Crippen LogP contribution < -0.4 is 5.73 Å². The molecule has 0 atom stereocenters. The summed E-state index contributed by atoms with van der Waals surface area (Å²) in [7, 11) is 3.69. The maximum Gasteiger partial charge on any atom is 0.147 e. The molecule has 2 aromatic heterocycles. The van der Waals surface area contributed by atoms with E-state index < -0.39 is 0 Å². The molecule has 0 radical (unpaired) electrons. The molecule has 98 valence electrons. The van der Waals surface area contributed by atoms with E-state index in [0.717, 1.165) is 22.3 Å². The van der Waals surface area contributed by atoms with Gasteiger partial charge in [0.25, 0.3) is 0 Å². The van der Waals surface area contributed by atoms with E-state index >= 15 is 0 Å². The van der Waals surface area contributed by atoms with Crippen LogP contribution in [0.4, 0.5) is 10.1 Å². The molecule has 1 aromatic carbocycles. The van der Waals surface area contributed by atoms with Crippen molar-refractivity contribution in [1.29, 1.82) is 0 Å². The largest absolute Gasteiger partial charge is 0.396 e. The Balaban J connectivity index is 2.49. The second-order valence-electron chi connectivity index (χ2n) is 4.73. The highest BCUT2D eigenvalue weighted by Crippen LogP contribution is 2.37. The number of nitrogen functional groups attached to an aromatic ring is 1. The monoisotopic (exact) mass is 258 g/mol. The number of hydrogen-bond acceptors (Lipinski definition) is 2. The van der Waals surface area contributed by atoms with Gasteiger partial charge in [0, 0.05) is 30.7 Å². The van der Waals surface area contributed by atoms with Gasteiger partial charge in [-0.25, -0.2) is 4.39 Å². The van der Waals surface area contributed by atoms with Crippen LogP contribution in [0.15, 0.2) is 24.4 Å². The number of anilines is 1. The molecule has 2 N–H and O–H groups in total. The molecule has 0 aliphatic rings. The van der Waals surface area contributed by atoms with Gasteiger partial charge in [0.2, 0.25) is 0 Å². The minimum Gasteiger partial charge on any atom is -0.396 e. The van der Waals surface area contributed by atoms with Crippen LogP contribution in [-0.2, 0) is 14.1 Å². The zero-order valence-electron chi connectivity index (χ0n) is 11.1. The average Bonchev–Trinajstić information content (AvgIpc) is 2.81. The van der Waals surface area contributed by atoms with Gasteiger partial charge in [-0.1, -0.05) is 12.1 Å². The highest BCUT2D eigenvalue weighted by atomic mass is 19.1. The minimum absolute atomic E-state index is 0.227. The lowest BCUT2D eigenvalue weighted by Crippen LogP contribution is -1.98. The zero-order chi connectivity index (χ0) is 13.7. The molecule has 4 nitrogen and oxygen atoms in total. The first-order valence-electron chi connectivity index (χ1n) is 6.03. The summed E-state index contributed by atoms with van der Waals surface area (Å²) in [5, 5.41) is 5.02. The second-order valence-corrected chi connectivity index (χ2v) is 4.73. The van der Waals surface area contributed by atoms with Gasteiger partial charge < -0.3 is 10.3 Å². The van der Waals surface area contributed by atoms with Crippen molar-refractivity contribution in [2.24, 2.45) is 14.1 Å².